The number of nitrogens with one attached hydrogen (secondary N) is 1. The first-order valence-corrected chi connectivity index (χ1v) is 3.96. The highest BCUT2D eigenvalue weighted by Gasteiger charge is 2.19. The maximum absolute atomic E-state index is 12.8. The number of rotatable bonds is 1. The van der Waals surface area contributed by atoms with Gasteiger partial charge in [-0.25, -0.2) is 4.39 Å². The Labute approximate surface area is 70.0 Å². The lowest BCUT2D eigenvalue weighted by atomic mass is 9.94. The molecule has 0 spiro atoms. The van der Waals surface area contributed by atoms with Gasteiger partial charge >= 0.3 is 0 Å². The molecule has 0 unspecified atom stereocenters. The Balaban J connectivity index is 2.27. The molecular weight excluding hydrogens is 157 g/mol. The van der Waals surface area contributed by atoms with Crippen molar-refractivity contribution in [1.29, 1.82) is 0 Å². The van der Waals surface area contributed by atoms with E-state index in [9.17, 15) is 4.39 Å². The number of aromatic hydroxyl groups is 1. The zero-order valence-electron chi connectivity index (χ0n) is 6.55. The standard InChI is InChI=1S/C9H10FNO/c10-8-3-6(1-2-9(8)12)7-4-11-5-7/h1-3,7,11-12H,4-5H2. The summed E-state index contributed by atoms with van der Waals surface area (Å²) in [6, 6.07) is 4.58. The molecule has 0 atom stereocenters. The molecule has 12 heavy (non-hydrogen) atoms. The molecule has 0 amide bonds. The van der Waals surface area contributed by atoms with Crippen molar-refractivity contribution in [3.05, 3.63) is 29.6 Å². The van der Waals surface area contributed by atoms with Crippen molar-refractivity contribution in [1.82, 2.24) is 5.32 Å². The minimum atomic E-state index is -0.528. The van der Waals surface area contributed by atoms with Crippen molar-refractivity contribution in [3.8, 4) is 5.75 Å². The van der Waals surface area contributed by atoms with Crippen LogP contribution in [-0.4, -0.2) is 18.2 Å². The van der Waals surface area contributed by atoms with E-state index >= 15 is 0 Å². The van der Waals surface area contributed by atoms with Gasteiger partial charge in [-0.05, 0) is 17.7 Å². The molecule has 3 heteroatoms. The highest BCUT2D eigenvalue weighted by atomic mass is 19.1. The summed E-state index contributed by atoms with van der Waals surface area (Å²) in [4.78, 5) is 0. The predicted octanol–water partition coefficient (Wildman–Crippen LogP) is 1.22. The maximum atomic E-state index is 12.8. The van der Waals surface area contributed by atoms with E-state index in [4.69, 9.17) is 5.11 Å². The molecule has 0 aromatic heterocycles. The second-order valence-electron chi connectivity index (χ2n) is 3.07. The van der Waals surface area contributed by atoms with E-state index in [1.807, 2.05) is 0 Å². The molecule has 0 bridgehead atoms. The molecule has 2 nitrogen and oxygen atoms in total. The highest BCUT2D eigenvalue weighted by Crippen LogP contribution is 2.24. The molecule has 1 aromatic carbocycles. The van der Waals surface area contributed by atoms with Crippen molar-refractivity contribution in [2.75, 3.05) is 13.1 Å². The Morgan fingerprint density at radius 2 is 2.17 bits per heavy atom. The van der Waals surface area contributed by atoms with Crippen molar-refractivity contribution in [3.63, 3.8) is 0 Å². The summed E-state index contributed by atoms with van der Waals surface area (Å²) in [5.41, 5.74) is 0.962. The molecule has 1 saturated heterocycles. The summed E-state index contributed by atoms with van der Waals surface area (Å²) in [7, 11) is 0. The van der Waals surface area contributed by atoms with E-state index in [0.29, 0.717) is 5.92 Å². The third-order valence-electron chi connectivity index (χ3n) is 2.22. The minimum absolute atomic E-state index is 0.272. The first-order valence-electron chi connectivity index (χ1n) is 3.96. The van der Waals surface area contributed by atoms with Gasteiger partial charge in [0.15, 0.2) is 11.6 Å². The van der Waals surface area contributed by atoms with Crippen LogP contribution in [0.15, 0.2) is 18.2 Å². The van der Waals surface area contributed by atoms with E-state index in [2.05, 4.69) is 5.32 Å². The van der Waals surface area contributed by atoms with Crippen LogP contribution < -0.4 is 5.32 Å². The van der Waals surface area contributed by atoms with Gasteiger partial charge < -0.3 is 10.4 Å². The third kappa shape index (κ3) is 1.16. The second kappa shape index (κ2) is 2.75. The Bertz CT molecular complexity index is 297. The van der Waals surface area contributed by atoms with Gasteiger partial charge in [0.25, 0.3) is 0 Å². The normalized spacial score (nSPS) is 17.4. The van der Waals surface area contributed by atoms with Crippen LogP contribution in [0, 0.1) is 5.82 Å². The van der Waals surface area contributed by atoms with Crippen LogP contribution in [-0.2, 0) is 0 Å². The van der Waals surface area contributed by atoms with E-state index < -0.39 is 5.82 Å². The molecule has 1 aliphatic rings. The number of hydrogen-bond acceptors (Lipinski definition) is 2. The molecule has 2 N–H and O–H groups in total. The fraction of sp³-hybridized carbons (Fsp3) is 0.333. The Morgan fingerprint density at radius 1 is 1.42 bits per heavy atom. The number of halogens is 1. The molecule has 64 valence electrons. The van der Waals surface area contributed by atoms with Crippen molar-refractivity contribution in [2.45, 2.75) is 5.92 Å². The lowest BCUT2D eigenvalue weighted by molar-refractivity contribution is 0.423. The maximum Gasteiger partial charge on any atom is 0.165 e. The van der Waals surface area contributed by atoms with Gasteiger partial charge in [-0.1, -0.05) is 6.07 Å². The van der Waals surface area contributed by atoms with Crippen molar-refractivity contribution < 1.29 is 9.50 Å². The summed E-state index contributed by atoms with van der Waals surface area (Å²) in [5.74, 6) is -0.384. The Hall–Kier alpha value is -1.09. The van der Waals surface area contributed by atoms with E-state index in [0.717, 1.165) is 18.7 Å². The quantitative estimate of drug-likeness (QED) is 0.659. The summed E-state index contributed by atoms with van der Waals surface area (Å²) in [5, 5.41) is 12.0. The van der Waals surface area contributed by atoms with Crippen LogP contribution >= 0.6 is 0 Å². The van der Waals surface area contributed by atoms with E-state index in [1.165, 1.54) is 12.1 Å². The first kappa shape index (κ1) is 7.55. The summed E-state index contributed by atoms with van der Waals surface area (Å²) in [6.45, 7) is 1.81. The molecular formula is C9H10FNO. The molecule has 0 radical (unpaired) electrons. The third-order valence-corrected chi connectivity index (χ3v) is 2.22. The molecule has 1 fully saturated rings. The molecule has 1 aromatic rings. The van der Waals surface area contributed by atoms with Gasteiger partial charge in [0.05, 0.1) is 0 Å². The average Bonchev–Trinajstić information content (AvgIpc) is 1.93. The Kier molecular flexibility index (Phi) is 1.73. The zero-order valence-corrected chi connectivity index (χ0v) is 6.55. The fourth-order valence-electron chi connectivity index (χ4n) is 1.30. The van der Waals surface area contributed by atoms with Gasteiger partial charge in [-0.2, -0.15) is 0 Å². The molecule has 2 rings (SSSR count). The lowest BCUT2D eigenvalue weighted by Gasteiger charge is -2.27. The number of phenolic OH excluding ortho intramolecular Hbond substituents is 1. The number of benzene rings is 1. The van der Waals surface area contributed by atoms with Crippen LogP contribution in [0.4, 0.5) is 4.39 Å². The molecule has 0 saturated carbocycles. The number of hydrogen-bond donors (Lipinski definition) is 2. The Morgan fingerprint density at radius 3 is 2.67 bits per heavy atom. The van der Waals surface area contributed by atoms with Crippen LogP contribution in [0.1, 0.15) is 11.5 Å². The summed E-state index contributed by atoms with van der Waals surface area (Å²) < 4.78 is 12.8. The van der Waals surface area contributed by atoms with E-state index in [-0.39, 0.29) is 5.75 Å². The van der Waals surface area contributed by atoms with Crippen molar-refractivity contribution in [2.24, 2.45) is 0 Å². The van der Waals surface area contributed by atoms with Crippen LogP contribution in [0.25, 0.3) is 0 Å². The minimum Gasteiger partial charge on any atom is -0.505 e. The second-order valence-corrected chi connectivity index (χ2v) is 3.07. The highest BCUT2D eigenvalue weighted by molar-refractivity contribution is 5.31. The SMILES string of the molecule is Oc1ccc(C2CNC2)cc1F. The van der Waals surface area contributed by atoms with Crippen LogP contribution in [0.2, 0.25) is 0 Å². The van der Waals surface area contributed by atoms with E-state index in [1.54, 1.807) is 6.07 Å². The molecule has 1 aliphatic heterocycles. The molecule has 0 aliphatic carbocycles. The number of phenols is 1. The summed E-state index contributed by atoms with van der Waals surface area (Å²) in [6.07, 6.45) is 0. The van der Waals surface area contributed by atoms with Crippen LogP contribution in [0.5, 0.6) is 5.75 Å². The van der Waals surface area contributed by atoms with Crippen LogP contribution in [0.3, 0.4) is 0 Å². The average molecular weight is 167 g/mol. The predicted molar refractivity (Wildman–Crippen MR) is 43.7 cm³/mol. The van der Waals surface area contributed by atoms with Gasteiger partial charge in [0.1, 0.15) is 0 Å². The summed E-state index contributed by atoms with van der Waals surface area (Å²) >= 11 is 0. The lowest BCUT2D eigenvalue weighted by Crippen LogP contribution is -2.39. The van der Waals surface area contributed by atoms with Gasteiger partial charge in [0, 0.05) is 19.0 Å². The zero-order chi connectivity index (χ0) is 8.55. The monoisotopic (exact) mass is 167 g/mol. The van der Waals surface area contributed by atoms with Gasteiger partial charge in [0.2, 0.25) is 0 Å². The van der Waals surface area contributed by atoms with Gasteiger partial charge in [-0.3, -0.25) is 0 Å². The molecule has 1 heterocycles. The fourth-order valence-corrected chi connectivity index (χ4v) is 1.30. The first-order chi connectivity index (χ1) is 5.77. The van der Waals surface area contributed by atoms with Gasteiger partial charge in [-0.15, -0.1) is 0 Å². The van der Waals surface area contributed by atoms with Crippen molar-refractivity contribution >= 4 is 0 Å². The topological polar surface area (TPSA) is 32.3 Å². The smallest absolute Gasteiger partial charge is 0.165 e. The largest absolute Gasteiger partial charge is 0.505 e.